The van der Waals surface area contributed by atoms with Gasteiger partial charge < -0.3 is 20.7 Å². The van der Waals surface area contributed by atoms with Crippen LogP contribution in [0.2, 0.25) is 0 Å². The Labute approximate surface area is 124 Å². The van der Waals surface area contributed by atoms with Crippen LogP contribution in [0, 0.1) is 0 Å². The van der Waals surface area contributed by atoms with Gasteiger partial charge in [-0.15, -0.1) is 0 Å². The van der Waals surface area contributed by atoms with Crippen LogP contribution in [0.25, 0.3) is 0 Å². The Morgan fingerprint density at radius 2 is 1.85 bits per heavy atom. The fraction of sp³-hybridized carbons (Fsp3) is 0.429. The molecule has 1 saturated heterocycles. The monoisotopic (exact) mass is 293 g/mol. The van der Waals surface area contributed by atoms with Crippen LogP contribution in [0.15, 0.2) is 24.3 Å². The van der Waals surface area contributed by atoms with Gasteiger partial charge in [-0.25, -0.2) is 0 Å². The Bertz CT molecular complexity index is 494. The maximum absolute atomic E-state index is 12.4. The normalized spacial score (nSPS) is 22.4. The minimum absolute atomic E-state index is 0.0221. The fourth-order valence-electron chi connectivity index (χ4n) is 2.36. The van der Waals surface area contributed by atoms with E-state index in [1.165, 1.54) is 0 Å². The molecule has 0 bridgehead atoms. The van der Waals surface area contributed by atoms with Crippen molar-refractivity contribution in [1.82, 2.24) is 4.90 Å². The highest BCUT2D eigenvalue weighted by Gasteiger charge is 2.26. The van der Waals surface area contributed by atoms with Crippen molar-refractivity contribution < 1.29 is 9.53 Å². The average Bonchev–Trinajstić information content (AvgIpc) is 2.37. The van der Waals surface area contributed by atoms with Gasteiger partial charge in [0.25, 0.3) is 5.91 Å². The van der Waals surface area contributed by atoms with Crippen molar-refractivity contribution in [3.8, 4) is 0 Å². The zero-order valence-corrected chi connectivity index (χ0v) is 12.4. The van der Waals surface area contributed by atoms with Crippen LogP contribution in [0.5, 0.6) is 0 Å². The van der Waals surface area contributed by atoms with Crippen molar-refractivity contribution in [3.05, 3.63) is 29.8 Å². The molecule has 1 heterocycles. The predicted molar refractivity (Wildman–Crippen MR) is 82.8 cm³/mol. The molecule has 2 unspecified atom stereocenters. The lowest BCUT2D eigenvalue weighted by Gasteiger charge is -2.35. The zero-order chi connectivity index (χ0) is 14.7. The van der Waals surface area contributed by atoms with Gasteiger partial charge >= 0.3 is 0 Å². The third kappa shape index (κ3) is 3.68. The highest BCUT2D eigenvalue weighted by molar-refractivity contribution is 7.80. The minimum atomic E-state index is 0.0221. The quantitative estimate of drug-likeness (QED) is 0.811. The second-order valence-electron chi connectivity index (χ2n) is 5.03. The van der Waals surface area contributed by atoms with E-state index in [1.54, 1.807) is 24.3 Å². The van der Waals surface area contributed by atoms with Crippen LogP contribution < -0.4 is 11.1 Å². The third-order valence-electron chi connectivity index (χ3n) is 3.11. The molecule has 1 fully saturated rings. The summed E-state index contributed by atoms with van der Waals surface area (Å²) >= 11 is 4.77. The van der Waals surface area contributed by atoms with E-state index in [4.69, 9.17) is 22.7 Å². The average molecular weight is 293 g/mol. The van der Waals surface area contributed by atoms with Crippen molar-refractivity contribution in [2.75, 3.05) is 18.4 Å². The predicted octanol–water partition coefficient (Wildman–Crippen LogP) is 1.59. The van der Waals surface area contributed by atoms with Crippen LogP contribution >= 0.6 is 12.2 Å². The molecule has 0 saturated carbocycles. The lowest BCUT2D eigenvalue weighted by molar-refractivity contribution is -0.0586. The van der Waals surface area contributed by atoms with E-state index >= 15 is 0 Å². The number of carbonyl (C=O) groups is 1. The van der Waals surface area contributed by atoms with Crippen LogP contribution in [-0.4, -0.2) is 41.2 Å². The highest BCUT2D eigenvalue weighted by atomic mass is 32.1. The van der Waals surface area contributed by atoms with Crippen molar-refractivity contribution >= 4 is 28.9 Å². The van der Waals surface area contributed by atoms with Crippen LogP contribution in [0.3, 0.4) is 0 Å². The van der Waals surface area contributed by atoms with Gasteiger partial charge in [0.05, 0.1) is 12.2 Å². The number of nitrogens with zero attached hydrogens (tertiary/aromatic N) is 1. The molecular weight excluding hydrogens is 274 g/mol. The number of benzene rings is 1. The molecule has 5 nitrogen and oxygen atoms in total. The summed E-state index contributed by atoms with van der Waals surface area (Å²) in [6.07, 6.45) is 0.136. The largest absolute Gasteiger partial charge is 0.376 e. The molecule has 1 amide bonds. The number of nitrogens with two attached hydrogens (primary N) is 1. The SMILES string of the molecule is CC1CN(C(=O)c2ccc(NC(N)=S)cc2)CC(C)O1. The number of amides is 1. The van der Waals surface area contributed by atoms with Crippen LogP contribution in [0.1, 0.15) is 24.2 Å². The van der Waals surface area contributed by atoms with E-state index in [1.807, 2.05) is 18.7 Å². The van der Waals surface area contributed by atoms with E-state index in [-0.39, 0.29) is 23.2 Å². The molecule has 2 rings (SSSR count). The summed E-state index contributed by atoms with van der Waals surface area (Å²) in [7, 11) is 0. The number of carbonyl (C=O) groups excluding carboxylic acids is 1. The number of thiocarbonyl (C=S) groups is 1. The summed E-state index contributed by atoms with van der Waals surface area (Å²) in [6, 6.07) is 7.13. The number of nitrogens with one attached hydrogen (secondary N) is 1. The van der Waals surface area contributed by atoms with Gasteiger partial charge in [0.1, 0.15) is 0 Å². The first-order valence-corrected chi connectivity index (χ1v) is 6.98. The Balaban J connectivity index is 2.07. The third-order valence-corrected chi connectivity index (χ3v) is 3.21. The Morgan fingerprint density at radius 3 is 2.35 bits per heavy atom. The first-order valence-electron chi connectivity index (χ1n) is 6.57. The van der Waals surface area contributed by atoms with Gasteiger partial charge in [0, 0.05) is 24.3 Å². The topological polar surface area (TPSA) is 67.6 Å². The summed E-state index contributed by atoms with van der Waals surface area (Å²) in [4.78, 5) is 14.3. The molecule has 2 atom stereocenters. The van der Waals surface area contributed by atoms with Gasteiger partial charge in [-0.1, -0.05) is 0 Å². The van der Waals surface area contributed by atoms with E-state index in [0.717, 1.165) is 5.69 Å². The molecule has 0 spiro atoms. The van der Waals surface area contributed by atoms with E-state index in [9.17, 15) is 4.79 Å². The second kappa shape index (κ2) is 6.19. The molecular formula is C14H19N3O2S. The molecule has 1 aromatic carbocycles. The maximum Gasteiger partial charge on any atom is 0.254 e. The number of morpholine rings is 1. The van der Waals surface area contributed by atoms with E-state index in [2.05, 4.69) is 5.32 Å². The number of rotatable bonds is 2. The Hall–Kier alpha value is -1.66. The second-order valence-corrected chi connectivity index (χ2v) is 5.47. The van der Waals surface area contributed by atoms with Gasteiger partial charge in [0.15, 0.2) is 5.11 Å². The first-order chi connectivity index (χ1) is 9.45. The van der Waals surface area contributed by atoms with Gasteiger partial charge in [-0.2, -0.15) is 0 Å². The summed E-state index contributed by atoms with van der Waals surface area (Å²) < 4.78 is 5.63. The molecule has 0 aliphatic carbocycles. The van der Waals surface area contributed by atoms with Crippen LogP contribution in [0.4, 0.5) is 5.69 Å². The molecule has 3 N–H and O–H groups in total. The van der Waals surface area contributed by atoms with E-state index < -0.39 is 0 Å². The number of hydrogen-bond acceptors (Lipinski definition) is 3. The Kier molecular flexibility index (Phi) is 4.57. The molecule has 6 heteroatoms. The smallest absolute Gasteiger partial charge is 0.254 e. The maximum atomic E-state index is 12.4. The molecule has 1 aliphatic rings. The number of ether oxygens (including phenoxy) is 1. The molecule has 0 aromatic heterocycles. The molecule has 1 aliphatic heterocycles. The fourth-order valence-corrected chi connectivity index (χ4v) is 2.48. The summed E-state index contributed by atoms with van der Waals surface area (Å²) in [5, 5.41) is 3.04. The van der Waals surface area contributed by atoms with Gasteiger partial charge in [0.2, 0.25) is 0 Å². The van der Waals surface area contributed by atoms with Crippen molar-refractivity contribution in [1.29, 1.82) is 0 Å². The molecule has 108 valence electrons. The van der Waals surface area contributed by atoms with Crippen LogP contribution in [-0.2, 0) is 4.74 Å². The Morgan fingerprint density at radius 1 is 1.30 bits per heavy atom. The number of hydrogen-bond donors (Lipinski definition) is 2. The molecule has 1 aromatic rings. The highest BCUT2D eigenvalue weighted by Crippen LogP contribution is 2.16. The van der Waals surface area contributed by atoms with Gasteiger partial charge in [-0.05, 0) is 50.3 Å². The minimum Gasteiger partial charge on any atom is -0.376 e. The summed E-state index contributed by atoms with van der Waals surface area (Å²) in [5.74, 6) is 0.0221. The van der Waals surface area contributed by atoms with Gasteiger partial charge in [-0.3, -0.25) is 4.79 Å². The van der Waals surface area contributed by atoms with E-state index in [0.29, 0.717) is 18.7 Å². The lowest BCUT2D eigenvalue weighted by atomic mass is 10.1. The van der Waals surface area contributed by atoms with Crippen molar-refractivity contribution in [2.24, 2.45) is 5.73 Å². The van der Waals surface area contributed by atoms with Crippen molar-refractivity contribution in [2.45, 2.75) is 26.1 Å². The number of anilines is 1. The standard InChI is InChI=1S/C14H19N3O2S/c1-9-7-17(8-10(2)19-9)13(18)11-3-5-12(6-4-11)16-14(15)20/h3-6,9-10H,7-8H2,1-2H3,(H3,15,16,20). The first kappa shape index (κ1) is 14.7. The van der Waals surface area contributed by atoms with Crippen molar-refractivity contribution in [3.63, 3.8) is 0 Å². The lowest BCUT2D eigenvalue weighted by Crippen LogP contribution is -2.48. The summed E-state index contributed by atoms with van der Waals surface area (Å²) in [6.45, 7) is 5.20. The summed E-state index contributed by atoms with van der Waals surface area (Å²) in [5.41, 5.74) is 6.83. The molecule has 20 heavy (non-hydrogen) atoms. The molecule has 0 radical (unpaired) electrons. The zero-order valence-electron chi connectivity index (χ0n) is 11.6.